The van der Waals surface area contributed by atoms with Crippen molar-refractivity contribution < 1.29 is 13.6 Å². The molecule has 6 heteroatoms. The zero-order chi connectivity index (χ0) is 16.5. The van der Waals surface area contributed by atoms with E-state index in [2.05, 4.69) is 10.3 Å². The van der Waals surface area contributed by atoms with Crippen molar-refractivity contribution in [1.29, 1.82) is 0 Å². The number of nitrogens with zero attached hydrogens (tertiary/aromatic N) is 1. The van der Waals surface area contributed by atoms with E-state index in [0.29, 0.717) is 28.0 Å². The van der Waals surface area contributed by atoms with Crippen LogP contribution < -0.4 is 10.9 Å². The van der Waals surface area contributed by atoms with Gasteiger partial charge in [-0.2, -0.15) is 0 Å². The Morgan fingerprint density at radius 3 is 2.58 bits per heavy atom. The molecule has 0 radical (unpaired) electrons. The van der Waals surface area contributed by atoms with Crippen LogP contribution in [0.5, 0.6) is 0 Å². The third-order valence-corrected chi connectivity index (χ3v) is 3.62. The largest absolute Gasteiger partial charge is 0.439 e. The number of fused-ring (bicyclic) bond motifs is 2. The van der Waals surface area contributed by atoms with E-state index in [1.54, 1.807) is 24.3 Å². The summed E-state index contributed by atoms with van der Waals surface area (Å²) in [6.07, 6.45) is 0. The predicted molar refractivity (Wildman–Crippen MR) is 87.7 cm³/mol. The summed E-state index contributed by atoms with van der Waals surface area (Å²) in [6.45, 7) is 0.0831. The highest BCUT2D eigenvalue weighted by Gasteiger charge is 2.14. The van der Waals surface area contributed by atoms with Crippen molar-refractivity contribution >= 4 is 28.0 Å². The van der Waals surface area contributed by atoms with Crippen molar-refractivity contribution in [2.45, 2.75) is 6.54 Å². The van der Waals surface area contributed by atoms with Crippen LogP contribution in [0, 0.1) is 0 Å². The van der Waals surface area contributed by atoms with Gasteiger partial charge in [-0.05, 0) is 24.3 Å². The van der Waals surface area contributed by atoms with Crippen LogP contribution in [0.25, 0.3) is 22.1 Å². The molecule has 0 aliphatic carbocycles. The standard InChI is InChI=1S/C18H12N2O4/c21-17(12-9-11-5-1-3-7-14(11)24-18(12)22)19-10-16-20-13-6-2-4-8-15(13)23-16/h1-9H,10H2,(H,19,21). The average molecular weight is 320 g/mol. The van der Waals surface area contributed by atoms with E-state index in [0.717, 1.165) is 0 Å². The monoisotopic (exact) mass is 320 g/mol. The minimum Gasteiger partial charge on any atom is -0.439 e. The molecule has 4 aromatic rings. The smallest absolute Gasteiger partial charge is 0.349 e. The number of nitrogens with one attached hydrogen (secondary N) is 1. The summed E-state index contributed by atoms with van der Waals surface area (Å²) < 4.78 is 10.7. The fraction of sp³-hybridized carbons (Fsp3) is 0.0556. The van der Waals surface area contributed by atoms with Gasteiger partial charge in [-0.25, -0.2) is 9.78 Å². The minimum atomic E-state index is -0.677. The van der Waals surface area contributed by atoms with Gasteiger partial charge in [0.1, 0.15) is 16.7 Å². The lowest BCUT2D eigenvalue weighted by Gasteiger charge is -2.03. The first-order chi connectivity index (χ1) is 11.7. The van der Waals surface area contributed by atoms with E-state index in [1.165, 1.54) is 6.07 Å². The van der Waals surface area contributed by atoms with E-state index < -0.39 is 11.5 Å². The van der Waals surface area contributed by atoms with Crippen LogP contribution in [0.2, 0.25) is 0 Å². The molecule has 0 atom stereocenters. The van der Waals surface area contributed by atoms with Crippen LogP contribution in [0.1, 0.15) is 16.2 Å². The summed E-state index contributed by atoms with van der Waals surface area (Å²) in [6, 6.07) is 15.9. The molecule has 0 aliphatic rings. The molecule has 1 N–H and O–H groups in total. The van der Waals surface area contributed by atoms with Gasteiger partial charge >= 0.3 is 5.63 Å². The maximum absolute atomic E-state index is 12.3. The topological polar surface area (TPSA) is 85.3 Å². The molecule has 2 aromatic carbocycles. The zero-order valence-electron chi connectivity index (χ0n) is 12.5. The Bertz CT molecular complexity index is 1080. The lowest BCUT2D eigenvalue weighted by Crippen LogP contribution is -2.27. The number of para-hydroxylation sites is 3. The molecule has 0 saturated heterocycles. The van der Waals surface area contributed by atoms with Gasteiger partial charge in [0.2, 0.25) is 5.89 Å². The maximum atomic E-state index is 12.3. The summed E-state index contributed by atoms with van der Waals surface area (Å²) in [7, 11) is 0. The van der Waals surface area contributed by atoms with Gasteiger partial charge in [0.25, 0.3) is 5.91 Å². The second-order valence-corrected chi connectivity index (χ2v) is 5.24. The Labute approximate surface area is 135 Å². The third kappa shape index (κ3) is 2.54. The Hall–Kier alpha value is -3.41. The van der Waals surface area contributed by atoms with Crippen LogP contribution in [0.4, 0.5) is 0 Å². The van der Waals surface area contributed by atoms with E-state index in [9.17, 15) is 9.59 Å². The number of benzene rings is 2. The summed E-state index contributed by atoms with van der Waals surface area (Å²) in [5, 5.41) is 3.31. The molecule has 2 heterocycles. The number of aromatic nitrogens is 1. The molecular weight excluding hydrogens is 308 g/mol. The quantitative estimate of drug-likeness (QED) is 0.587. The normalized spacial score (nSPS) is 11.0. The molecule has 2 aromatic heterocycles. The van der Waals surface area contributed by atoms with Crippen LogP contribution >= 0.6 is 0 Å². The van der Waals surface area contributed by atoms with Crippen molar-refractivity contribution in [3.05, 3.63) is 76.5 Å². The highest BCUT2D eigenvalue weighted by Crippen LogP contribution is 2.15. The predicted octanol–water partition coefficient (Wildman–Crippen LogP) is 2.86. The van der Waals surface area contributed by atoms with E-state index in [1.807, 2.05) is 24.3 Å². The molecule has 0 saturated carbocycles. The molecule has 4 rings (SSSR count). The van der Waals surface area contributed by atoms with Crippen molar-refractivity contribution in [2.75, 3.05) is 0 Å². The zero-order valence-corrected chi connectivity index (χ0v) is 12.5. The lowest BCUT2D eigenvalue weighted by molar-refractivity contribution is 0.0944. The van der Waals surface area contributed by atoms with Gasteiger partial charge in [0.05, 0.1) is 6.54 Å². The molecule has 24 heavy (non-hydrogen) atoms. The van der Waals surface area contributed by atoms with Gasteiger partial charge in [0, 0.05) is 5.39 Å². The molecule has 0 fully saturated rings. The van der Waals surface area contributed by atoms with Gasteiger partial charge in [0.15, 0.2) is 5.58 Å². The Balaban J connectivity index is 1.57. The van der Waals surface area contributed by atoms with Crippen LogP contribution in [-0.2, 0) is 6.54 Å². The molecule has 0 unspecified atom stereocenters. The van der Waals surface area contributed by atoms with E-state index >= 15 is 0 Å². The maximum Gasteiger partial charge on any atom is 0.349 e. The molecule has 0 spiro atoms. The van der Waals surface area contributed by atoms with E-state index in [-0.39, 0.29) is 12.1 Å². The summed E-state index contributed by atoms with van der Waals surface area (Å²) in [4.78, 5) is 28.5. The molecule has 0 aliphatic heterocycles. The van der Waals surface area contributed by atoms with Gasteiger partial charge in [-0.1, -0.05) is 30.3 Å². The van der Waals surface area contributed by atoms with E-state index in [4.69, 9.17) is 8.83 Å². The summed E-state index contributed by atoms with van der Waals surface area (Å²) in [5.41, 5.74) is 1.07. The molecule has 6 nitrogen and oxygen atoms in total. The molecule has 0 bridgehead atoms. The summed E-state index contributed by atoms with van der Waals surface area (Å²) >= 11 is 0. The highest BCUT2D eigenvalue weighted by molar-refractivity contribution is 5.96. The van der Waals surface area contributed by atoms with Crippen molar-refractivity contribution in [3.63, 3.8) is 0 Å². The van der Waals surface area contributed by atoms with Crippen LogP contribution in [0.15, 0.2) is 68.2 Å². The summed E-state index contributed by atoms with van der Waals surface area (Å²) in [5.74, 6) is -0.161. The third-order valence-electron chi connectivity index (χ3n) is 3.62. The van der Waals surface area contributed by atoms with Crippen molar-refractivity contribution in [2.24, 2.45) is 0 Å². The molecule has 1 amide bonds. The molecular formula is C18H12N2O4. The van der Waals surface area contributed by atoms with Gasteiger partial charge < -0.3 is 14.2 Å². The number of carbonyl (C=O) groups is 1. The van der Waals surface area contributed by atoms with Crippen molar-refractivity contribution in [3.8, 4) is 0 Å². The Morgan fingerprint density at radius 2 is 1.75 bits per heavy atom. The fourth-order valence-electron chi connectivity index (χ4n) is 2.47. The average Bonchev–Trinajstić information content (AvgIpc) is 3.02. The first-order valence-electron chi connectivity index (χ1n) is 7.36. The number of carbonyl (C=O) groups excluding carboxylic acids is 1. The lowest BCUT2D eigenvalue weighted by atomic mass is 10.2. The number of hydrogen-bond acceptors (Lipinski definition) is 5. The second kappa shape index (κ2) is 5.66. The first-order valence-corrected chi connectivity index (χ1v) is 7.36. The number of rotatable bonds is 3. The van der Waals surface area contributed by atoms with Gasteiger partial charge in [-0.3, -0.25) is 4.79 Å². The van der Waals surface area contributed by atoms with Crippen LogP contribution in [0.3, 0.4) is 0 Å². The Kier molecular flexibility index (Phi) is 3.35. The molecule has 118 valence electrons. The fourth-order valence-corrected chi connectivity index (χ4v) is 2.47. The number of oxazole rings is 1. The first kappa shape index (κ1) is 14.2. The SMILES string of the molecule is O=C(NCc1nc2ccccc2o1)c1cc2ccccc2oc1=O. The minimum absolute atomic E-state index is 0.0511. The second-order valence-electron chi connectivity index (χ2n) is 5.24. The van der Waals surface area contributed by atoms with Gasteiger partial charge in [-0.15, -0.1) is 0 Å². The Morgan fingerprint density at radius 1 is 1.00 bits per heavy atom. The number of amides is 1. The number of hydrogen-bond donors (Lipinski definition) is 1. The highest BCUT2D eigenvalue weighted by atomic mass is 16.4. The van der Waals surface area contributed by atoms with Crippen molar-refractivity contribution in [1.82, 2.24) is 10.3 Å². The van der Waals surface area contributed by atoms with Crippen LogP contribution in [-0.4, -0.2) is 10.9 Å².